The molecule has 2 atom stereocenters. The summed E-state index contributed by atoms with van der Waals surface area (Å²) in [7, 11) is 0. The van der Waals surface area contributed by atoms with Crippen molar-refractivity contribution in [3.05, 3.63) is 29.8 Å². The van der Waals surface area contributed by atoms with E-state index in [0.29, 0.717) is 12.0 Å². The summed E-state index contributed by atoms with van der Waals surface area (Å²) < 4.78 is 6.10. The number of benzene rings is 1. The molecule has 1 aromatic carbocycles. The second kappa shape index (κ2) is 7.68. The van der Waals surface area contributed by atoms with Crippen LogP contribution in [0.15, 0.2) is 24.3 Å². The van der Waals surface area contributed by atoms with E-state index in [-0.39, 0.29) is 0 Å². The van der Waals surface area contributed by atoms with E-state index >= 15 is 0 Å². The Morgan fingerprint density at radius 2 is 1.95 bits per heavy atom. The summed E-state index contributed by atoms with van der Waals surface area (Å²) in [5.41, 5.74) is 1.33. The lowest BCUT2D eigenvalue weighted by molar-refractivity contribution is 0.129. The average Bonchev–Trinajstić information content (AvgIpc) is 2.40. The average molecular weight is 275 g/mol. The molecule has 0 amide bonds. The van der Waals surface area contributed by atoms with E-state index in [1.807, 2.05) is 0 Å². The Hall–Kier alpha value is -1.02. The lowest BCUT2D eigenvalue weighted by Crippen LogP contribution is -2.24. The third-order valence-corrected chi connectivity index (χ3v) is 4.00. The first kappa shape index (κ1) is 15.4. The molecule has 1 aliphatic carbocycles. The highest BCUT2D eigenvalue weighted by Gasteiger charge is 2.19. The highest BCUT2D eigenvalue weighted by molar-refractivity contribution is 5.27. The van der Waals surface area contributed by atoms with Gasteiger partial charge in [0.05, 0.1) is 6.10 Å². The van der Waals surface area contributed by atoms with Gasteiger partial charge in [0.1, 0.15) is 5.75 Å². The normalized spacial score (nSPS) is 23.0. The van der Waals surface area contributed by atoms with Crippen LogP contribution < -0.4 is 10.1 Å². The first-order chi connectivity index (χ1) is 9.63. The minimum absolute atomic E-state index is 0.420. The van der Waals surface area contributed by atoms with Crippen molar-refractivity contribution in [2.45, 2.75) is 59.1 Å². The maximum atomic E-state index is 6.10. The molecule has 2 heteroatoms. The molecule has 0 saturated heterocycles. The summed E-state index contributed by atoms with van der Waals surface area (Å²) in [5, 5.41) is 3.47. The predicted molar refractivity (Wildman–Crippen MR) is 85.0 cm³/mol. The Morgan fingerprint density at radius 1 is 1.20 bits per heavy atom. The third-order valence-electron chi connectivity index (χ3n) is 4.00. The van der Waals surface area contributed by atoms with Gasteiger partial charge in [-0.1, -0.05) is 39.3 Å². The molecule has 1 fully saturated rings. The van der Waals surface area contributed by atoms with Gasteiger partial charge in [0.15, 0.2) is 0 Å². The van der Waals surface area contributed by atoms with Crippen molar-refractivity contribution in [2.24, 2.45) is 11.8 Å². The van der Waals surface area contributed by atoms with E-state index < -0.39 is 0 Å². The lowest BCUT2D eigenvalue weighted by Gasteiger charge is -2.27. The van der Waals surface area contributed by atoms with Crippen molar-refractivity contribution in [3.63, 3.8) is 0 Å². The second-order valence-corrected chi connectivity index (χ2v) is 6.68. The maximum absolute atomic E-state index is 6.10. The van der Waals surface area contributed by atoms with Gasteiger partial charge in [-0.3, -0.25) is 0 Å². The number of ether oxygens (including phenoxy) is 1. The minimum Gasteiger partial charge on any atom is -0.490 e. The molecule has 0 radical (unpaired) electrons. The molecule has 2 unspecified atom stereocenters. The Bertz CT molecular complexity index is 385. The quantitative estimate of drug-likeness (QED) is 0.831. The first-order valence-corrected chi connectivity index (χ1v) is 8.10. The molecule has 112 valence electrons. The van der Waals surface area contributed by atoms with Crippen LogP contribution >= 0.6 is 0 Å². The van der Waals surface area contributed by atoms with Gasteiger partial charge in [0.2, 0.25) is 0 Å². The standard InChI is InChI=1S/C18H29NO/c1-14(2)12-19-13-16-7-9-17(10-8-16)20-18-6-4-5-15(3)11-18/h7-10,14-15,18-19H,4-6,11-13H2,1-3H3. The smallest absolute Gasteiger partial charge is 0.119 e. The first-order valence-electron chi connectivity index (χ1n) is 8.10. The molecule has 1 aromatic rings. The second-order valence-electron chi connectivity index (χ2n) is 6.68. The largest absolute Gasteiger partial charge is 0.490 e. The van der Waals surface area contributed by atoms with Crippen LogP contribution in [0.4, 0.5) is 0 Å². The molecule has 0 heterocycles. The molecular formula is C18H29NO. The molecule has 0 aliphatic heterocycles. The summed E-state index contributed by atoms with van der Waals surface area (Å²) >= 11 is 0. The molecule has 0 bridgehead atoms. The van der Waals surface area contributed by atoms with Crippen LogP contribution in [0.2, 0.25) is 0 Å². The molecule has 2 rings (SSSR count). The summed E-state index contributed by atoms with van der Waals surface area (Å²) in [4.78, 5) is 0. The SMILES string of the molecule is CC(C)CNCc1ccc(OC2CCCC(C)C2)cc1. The topological polar surface area (TPSA) is 21.3 Å². The summed E-state index contributed by atoms with van der Waals surface area (Å²) in [6, 6.07) is 8.58. The van der Waals surface area contributed by atoms with Crippen LogP contribution in [-0.2, 0) is 6.54 Å². The van der Waals surface area contributed by atoms with Crippen LogP contribution in [0.5, 0.6) is 5.75 Å². The van der Waals surface area contributed by atoms with Crippen LogP contribution in [0.25, 0.3) is 0 Å². The zero-order valence-corrected chi connectivity index (χ0v) is 13.2. The Kier molecular flexibility index (Phi) is 5.90. The van der Waals surface area contributed by atoms with Crippen LogP contribution in [0.3, 0.4) is 0 Å². The van der Waals surface area contributed by atoms with E-state index in [9.17, 15) is 0 Å². The zero-order valence-electron chi connectivity index (χ0n) is 13.2. The number of nitrogens with one attached hydrogen (secondary N) is 1. The molecule has 0 aromatic heterocycles. The highest BCUT2D eigenvalue weighted by Crippen LogP contribution is 2.27. The van der Waals surface area contributed by atoms with Gasteiger partial charge in [-0.2, -0.15) is 0 Å². The Balaban J connectivity index is 1.79. The van der Waals surface area contributed by atoms with Gasteiger partial charge >= 0.3 is 0 Å². The van der Waals surface area contributed by atoms with E-state index in [1.54, 1.807) is 0 Å². The van der Waals surface area contributed by atoms with Crippen LogP contribution in [0, 0.1) is 11.8 Å². The van der Waals surface area contributed by atoms with Gasteiger partial charge in [-0.15, -0.1) is 0 Å². The van der Waals surface area contributed by atoms with Gasteiger partial charge in [-0.25, -0.2) is 0 Å². The third kappa shape index (κ3) is 5.16. The highest BCUT2D eigenvalue weighted by atomic mass is 16.5. The minimum atomic E-state index is 0.420. The van der Waals surface area contributed by atoms with Crippen molar-refractivity contribution in [3.8, 4) is 5.75 Å². The van der Waals surface area contributed by atoms with Gasteiger partial charge in [0, 0.05) is 6.54 Å². The van der Waals surface area contributed by atoms with E-state index in [4.69, 9.17) is 4.74 Å². The number of hydrogen-bond acceptors (Lipinski definition) is 2. The Labute approximate surface area is 123 Å². The van der Waals surface area contributed by atoms with Crippen LogP contribution in [-0.4, -0.2) is 12.6 Å². The van der Waals surface area contributed by atoms with Crippen molar-refractivity contribution < 1.29 is 4.74 Å². The summed E-state index contributed by atoms with van der Waals surface area (Å²) in [5.74, 6) is 2.54. The summed E-state index contributed by atoms with van der Waals surface area (Å²) in [6.07, 6.45) is 5.51. The molecule has 1 aliphatic rings. The van der Waals surface area contributed by atoms with Crippen molar-refractivity contribution in [1.82, 2.24) is 5.32 Å². The molecule has 20 heavy (non-hydrogen) atoms. The number of rotatable bonds is 6. The fourth-order valence-electron chi connectivity index (χ4n) is 2.87. The van der Waals surface area contributed by atoms with Gasteiger partial charge in [0.25, 0.3) is 0 Å². The number of hydrogen-bond donors (Lipinski definition) is 1. The zero-order chi connectivity index (χ0) is 14.4. The van der Waals surface area contributed by atoms with Gasteiger partial charge < -0.3 is 10.1 Å². The molecule has 1 saturated carbocycles. The molecule has 1 N–H and O–H groups in total. The molecule has 0 spiro atoms. The monoisotopic (exact) mass is 275 g/mol. The molecular weight excluding hydrogens is 246 g/mol. The van der Waals surface area contributed by atoms with Gasteiger partial charge in [-0.05, 0) is 55.3 Å². The fraction of sp³-hybridized carbons (Fsp3) is 0.667. The summed E-state index contributed by atoms with van der Waals surface area (Å²) in [6.45, 7) is 8.81. The van der Waals surface area contributed by atoms with Crippen molar-refractivity contribution in [1.29, 1.82) is 0 Å². The maximum Gasteiger partial charge on any atom is 0.119 e. The van der Waals surface area contributed by atoms with Crippen molar-refractivity contribution >= 4 is 0 Å². The van der Waals surface area contributed by atoms with Crippen molar-refractivity contribution in [2.75, 3.05) is 6.54 Å². The Morgan fingerprint density at radius 3 is 2.60 bits per heavy atom. The lowest BCUT2D eigenvalue weighted by atomic mass is 9.89. The van der Waals surface area contributed by atoms with E-state index in [2.05, 4.69) is 50.4 Å². The van der Waals surface area contributed by atoms with E-state index in [0.717, 1.165) is 24.8 Å². The fourth-order valence-corrected chi connectivity index (χ4v) is 2.87. The molecule has 2 nitrogen and oxygen atoms in total. The van der Waals surface area contributed by atoms with Crippen LogP contribution in [0.1, 0.15) is 52.0 Å². The predicted octanol–water partition coefficient (Wildman–Crippen LogP) is 4.39. The van der Waals surface area contributed by atoms with E-state index in [1.165, 1.54) is 31.2 Å².